The number of Topliss-reactive ketones (excluding diaryl/α,β-unsaturated/α-hetero) is 2. The lowest BCUT2D eigenvalue weighted by Gasteiger charge is -2.42. The molecule has 25 heavy (non-hydrogen) atoms. The monoisotopic (exact) mass is 356 g/mol. The molecule has 0 N–H and O–H groups in total. The largest absolute Gasteiger partial charge is 0.493 e. The first kappa shape index (κ1) is 16.5. The van der Waals surface area contributed by atoms with Crippen molar-refractivity contribution in [2.75, 3.05) is 7.11 Å². The standard InChI is InChI=1S/C20H20O4S/c1-11-4-8-15(9-5-11)25(23)20-14-7-6-13(10-14)16(20)17(21)12(2)18(24-3)19(20)22/h4-9,13-14,16H,10H2,1-3H3/t13-,14+,16+,20-,25?/m0/s1. The number of rotatable bonds is 3. The zero-order valence-electron chi connectivity index (χ0n) is 14.4. The lowest BCUT2D eigenvalue weighted by molar-refractivity contribution is -0.131. The predicted molar refractivity (Wildman–Crippen MR) is 94.3 cm³/mol. The van der Waals surface area contributed by atoms with Gasteiger partial charge in [-0.15, -0.1) is 0 Å². The van der Waals surface area contributed by atoms with Crippen LogP contribution in [0.2, 0.25) is 0 Å². The highest BCUT2D eigenvalue weighted by atomic mass is 32.2. The normalized spacial score (nSPS) is 34.4. The van der Waals surface area contributed by atoms with Crippen LogP contribution in [0, 0.1) is 24.7 Å². The van der Waals surface area contributed by atoms with Crippen molar-refractivity contribution in [3.63, 3.8) is 0 Å². The molecule has 5 heteroatoms. The van der Waals surface area contributed by atoms with Gasteiger partial charge in [0.15, 0.2) is 11.5 Å². The van der Waals surface area contributed by atoms with Crippen molar-refractivity contribution < 1.29 is 18.5 Å². The maximum atomic E-state index is 13.7. The van der Waals surface area contributed by atoms with Crippen molar-refractivity contribution in [3.05, 3.63) is 53.3 Å². The van der Waals surface area contributed by atoms with E-state index in [4.69, 9.17) is 4.74 Å². The second kappa shape index (κ2) is 5.49. The second-order valence-corrected chi connectivity index (χ2v) is 8.78. The van der Waals surface area contributed by atoms with Crippen LogP contribution in [0.3, 0.4) is 0 Å². The summed E-state index contributed by atoms with van der Waals surface area (Å²) in [5.74, 6) is -1.09. The zero-order chi connectivity index (χ0) is 17.9. The van der Waals surface area contributed by atoms with Gasteiger partial charge in [0.1, 0.15) is 4.75 Å². The minimum atomic E-state index is -1.63. The van der Waals surface area contributed by atoms with Gasteiger partial charge in [-0.3, -0.25) is 13.8 Å². The van der Waals surface area contributed by atoms with Gasteiger partial charge in [0.05, 0.1) is 23.8 Å². The molecule has 2 bridgehead atoms. The van der Waals surface area contributed by atoms with Crippen LogP contribution in [-0.4, -0.2) is 27.6 Å². The number of methoxy groups -OCH3 is 1. The number of fused-ring (bicyclic) bond motifs is 5. The molecule has 4 rings (SSSR count). The molecule has 0 radical (unpaired) electrons. The molecule has 4 nitrogen and oxygen atoms in total. The molecule has 3 aliphatic carbocycles. The Morgan fingerprint density at radius 1 is 1.12 bits per heavy atom. The van der Waals surface area contributed by atoms with E-state index in [0.29, 0.717) is 16.9 Å². The third kappa shape index (κ3) is 1.96. The molecule has 130 valence electrons. The average Bonchev–Trinajstić information content (AvgIpc) is 3.21. The van der Waals surface area contributed by atoms with Gasteiger partial charge in [-0.05, 0) is 38.3 Å². The van der Waals surface area contributed by atoms with Gasteiger partial charge in [0.25, 0.3) is 0 Å². The molecular weight excluding hydrogens is 336 g/mol. The second-order valence-electron chi connectivity index (χ2n) is 7.10. The first-order valence-corrected chi connectivity index (χ1v) is 9.58. The molecule has 0 aliphatic heterocycles. The molecule has 0 spiro atoms. The summed E-state index contributed by atoms with van der Waals surface area (Å²) in [4.78, 5) is 27.1. The van der Waals surface area contributed by atoms with Crippen molar-refractivity contribution in [3.8, 4) is 0 Å². The Hall–Kier alpha value is -2.01. The van der Waals surface area contributed by atoms with Gasteiger partial charge in [-0.2, -0.15) is 0 Å². The summed E-state index contributed by atoms with van der Waals surface area (Å²) in [6.07, 6.45) is 4.67. The van der Waals surface area contributed by atoms with E-state index >= 15 is 0 Å². The summed E-state index contributed by atoms with van der Waals surface area (Å²) in [5.41, 5.74) is 1.41. The molecule has 0 heterocycles. The smallest absolute Gasteiger partial charge is 0.218 e. The van der Waals surface area contributed by atoms with Gasteiger partial charge in [0, 0.05) is 16.4 Å². The van der Waals surface area contributed by atoms with Crippen molar-refractivity contribution in [1.82, 2.24) is 0 Å². The van der Waals surface area contributed by atoms with Crippen LogP contribution in [0.1, 0.15) is 18.9 Å². The first-order valence-electron chi connectivity index (χ1n) is 8.43. The fourth-order valence-corrected chi connectivity index (χ4v) is 6.67. The zero-order valence-corrected chi connectivity index (χ0v) is 15.3. The van der Waals surface area contributed by atoms with Crippen molar-refractivity contribution in [1.29, 1.82) is 0 Å². The Bertz CT molecular complexity index is 864. The molecular formula is C20H20O4S. The fourth-order valence-electron chi connectivity index (χ4n) is 4.67. The predicted octanol–water partition coefficient (Wildman–Crippen LogP) is 2.74. The third-order valence-corrected chi connectivity index (χ3v) is 7.91. The van der Waals surface area contributed by atoms with Crippen molar-refractivity contribution in [2.24, 2.45) is 17.8 Å². The molecule has 1 unspecified atom stereocenters. The number of benzene rings is 1. The van der Waals surface area contributed by atoms with Crippen molar-refractivity contribution in [2.45, 2.75) is 29.9 Å². The molecule has 0 aromatic heterocycles. The molecule has 1 fully saturated rings. The number of ketones is 2. The minimum Gasteiger partial charge on any atom is -0.493 e. The van der Waals surface area contributed by atoms with Crippen LogP contribution >= 0.6 is 0 Å². The SMILES string of the molecule is COC1=C(C)C(=O)[C@H]2[C@H]3C=C[C@H](C3)[C@@]2(S(=O)c2ccc(C)cc2)C1=O. The number of aryl methyl sites for hydroxylation is 1. The van der Waals surface area contributed by atoms with Gasteiger partial charge in [-0.1, -0.05) is 29.8 Å². The van der Waals surface area contributed by atoms with Gasteiger partial charge < -0.3 is 4.74 Å². The van der Waals surface area contributed by atoms with Gasteiger partial charge >= 0.3 is 0 Å². The molecule has 0 saturated heterocycles. The average molecular weight is 356 g/mol. The Labute approximate surface area is 149 Å². The van der Waals surface area contributed by atoms with E-state index in [2.05, 4.69) is 0 Å². The third-order valence-electron chi connectivity index (χ3n) is 5.86. The highest BCUT2D eigenvalue weighted by Gasteiger charge is 2.69. The van der Waals surface area contributed by atoms with E-state index in [1.807, 2.05) is 31.2 Å². The van der Waals surface area contributed by atoms with E-state index in [1.165, 1.54) is 7.11 Å². The summed E-state index contributed by atoms with van der Waals surface area (Å²) in [5, 5.41) is 0. The number of allylic oxidation sites excluding steroid dienone is 4. The number of hydrogen-bond donors (Lipinski definition) is 0. The summed E-state index contributed by atoms with van der Waals surface area (Å²) in [6, 6.07) is 7.36. The summed E-state index contributed by atoms with van der Waals surface area (Å²) >= 11 is 0. The Kier molecular flexibility index (Phi) is 3.62. The van der Waals surface area contributed by atoms with E-state index in [9.17, 15) is 13.8 Å². The van der Waals surface area contributed by atoms with E-state index in [-0.39, 0.29) is 29.2 Å². The number of carbonyl (C=O) groups excluding carboxylic acids is 2. The van der Waals surface area contributed by atoms with Crippen LogP contribution < -0.4 is 0 Å². The van der Waals surface area contributed by atoms with Crippen LogP contribution in [0.4, 0.5) is 0 Å². The summed E-state index contributed by atoms with van der Waals surface area (Å²) in [7, 11) is -0.229. The highest BCUT2D eigenvalue weighted by Crippen LogP contribution is 2.58. The summed E-state index contributed by atoms with van der Waals surface area (Å²) in [6.45, 7) is 3.59. The molecule has 0 amide bonds. The molecule has 5 atom stereocenters. The quantitative estimate of drug-likeness (QED) is 0.782. The minimum absolute atomic E-state index is 0.0239. The molecule has 3 aliphatic rings. The summed E-state index contributed by atoms with van der Waals surface area (Å²) < 4.78 is 17.7. The maximum absolute atomic E-state index is 13.7. The lowest BCUT2D eigenvalue weighted by atomic mass is 9.71. The van der Waals surface area contributed by atoms with Crippen LogP contribution in [0.15, 0.2) is 52.6 Å². The first-order chi connectivity index (χ1) is 11.9. The van der Waals surface area contributed by atoms with Crippen LogP contribution in [0.5, 0.6) is 0 Å². The van der Waals surface area contributed by atoms with E-state index in [1.54, 1.807) is 19.1 Å². The van der Waals surface area contributed by atoms with Gasteiger partial charge in [0.2, 0.25) is 5.78 Å². The fraction of sp³-hybridized carbons (Fsp3) is 0.400. The van der Waals surface area contributed by atoms with E-state index in [0.717, 1.165) is 5.56 Å². The van der Waals surface area contributed by atoms with Crippen LogP contribution in [0.25, 0.3) is 0 Å². The van der Waals surface area contributed by atoms with Crippen LogP contribution in [-0.2, 0) is 25.1 Å². The van der Waals surface area contributed by atoms with E-state index < -0.39 is 21.5 Å². The molecule has 1 aromatic rings. The molecule has 1 aromatic carbocycles. The topological polar surface area (TPSA) is 60.4 Å². The van der Waals surface area contributed by atoms with Crippen molar-refractivity contribution >= 4 is 22.4 Å². The van der Waals surface area contributed by atoms with Gasteiger partial charge in [-0.25, -0.2) is 0 Å². The number of carbonyl (C=O) groups is 2. The lowest BCUT2D eigenvalue weighted by Crippen LogP contribution is -2.58. The molecule has 1 saturated carbocycles. The Morgan fingerprint density at radius 3 is 2.44 bits per heavy atom. The maximum Gasteiger partial charge on any atom is 0.218 e. The highest BCUT2D eigenvalue weighted by molar-refractivity contribution is 7.87. The number of ether oxygens (including phenoxy) is 1. The Balaban J connectivity index is 1.93. The number of hydrogen-bond acceptors (Lipinski definition) is 4. The Morgan fingerprint density at radius 2 is 1.80 bits per heavy atom.